The van der Waals surface area contributed by atoms with Crippen LogP contribution in [0.5, 0.6) is 0 Å². The normalized spacial score (nSPS) is 22.0. The second-order valence-electron chi connectivity index (χ2n) is 5.79. The summed E-state index contributed by atoms with van der Waals surface area (Å²) in [7, 11) is 0. The van der Waals surface area contributed by atoms with Crippen molar-refractivity contribution in [3.05, 3.63) is 0 Å². The van der Waals surface area contributed by atoms with Gasteiger partial charge in [-0.25, -0.2) is 4.79 Å². The molecule has 0 aliphatic heterocycles. The first-order valence-corrected chi connectivity index (χ1v) is 7.23. The van der Waals surface area contributed by atoms with E-state index in [0.717, 1.165) is 32.1 Å². The molecule has 0 aromatic carbocycles. The van der Waals surface area contributed by atoms with Crippen molar-refractivity contribution in [1.82, 2.24) is 10.6 Å². The van der Waals surface area contributed by atoms with E-state index in [1.807, 2.05) is 6.92 Å². The average Bonchev–Trinajstić information content (AvgIpc) is 2.36. The Labute approximate surface area is 111 Å². The van der Waals surface area contributed by atoms with Crippen molar-refractivity contribution in [3.8, 4) is 0 Å². The van der Waals surface area contributed by atoms with E-state index in [9.17, 15) is 9.90 Å². The molecular weight excluding hydrogens is 228 g/mol. The maximum absolute atomic E-state index is 11.7. The summed E-state index contributed by atoms with van der Waals surface area (Å²) < 4.78 is 0. The first-order valence-electron chi connectivity index (χ1n) is 7.23. The maximum Gasteiger partial charge on any atom is 0.315 e. The molecule has 1 aliphatic carbocycles. The van der Waals surface area contributed by atoms with Crippen LogP contribution in [0.15, 0.2) is 0 Å². The zero-order valence-electron chi connectivity index (χ0n) is 12.0. The molecule has 0 aromatic heterocycles. The average molecular weight is 256 g/mol. The third kappa shape index (κ3) is 4.84. The number of aliphatic hydroxyl groups is 1. The summed E-state index contributed by atoms with van der Waals surface area (Å²) in [6.07, 6.45) is 5.96. The summed E-state index contributed by atoms with van der Waals surface area (Å²) in [6, 6.07) is -0.00204. The van der Waals surface area contributed by atoms with Crippen molar-refractivity contribution < 1.29 is 9.90 Å². The largest absolute Gasteiger partial charge is 0.388 e. The predicted octanol–water partition coefficient (Wildman–Crippen LogP) is 2.42. The molecule has 1 aliphatic rings. The minimum atomic E-state index is -0.685. The zero-order chi connectivity index (χ0) is 13.6. The number of urea groups is 1. The Morgan fingerprint density at radius 3 is 2.44 bits per heavy atom. The van der Waals surface area contributed by atoms with Crippen LogP contribution >= 0.6 is 0 Å². The van der Waals surface area contributed by atoms with E-state index in [0.29, 0.717) is 12.5 Å². The molecule has 4 heteroatoms. The van der Waals surface area contributed by atoms with Crippen molar-refractivity contribution in [2.24, 2.45) is 5.92 Å². The molecule has 4 nitrogen and oxygen atoms in total. The predicted molar refractivity (Wildman–Crippen MR) is 73.5 cm³/mol. The molecular formula is C14H28N2O2. The molecule has 1 fully saturated rings. The van der Waals surface area contributed by atoms with Crippen LogP contribution in [0, 0.1) is 5.92 Å². The van der Waals surface area contributed by atoms with Crippen LogP contribution in [0.3, 0.4) is 0 Å². The Bertz CT molecular complexity index is 263. The quantitative estimate of drug-likeness (QED) is 0.707. The van der Waals surface area contributed by atoms with Gasteiger partial charge in [0.2, 0.25) is 0 Å². The monoisotopic (exact) mass is 256 g/mol. The van der Waals surface area contributed by atoms with Gasteiger partial charge in [-0.05, 0) is 25.7 Å². The van der Waals surface area contributed by atoms with Crippen molar-refractivity contribution in [2.45, 2.75) is 70.9 Å². The fraction of sp³-hybridized carbons (Fsp3) is 0.929. The molecule has 0 aromatic rings. The Hall–Kier alpha value is -0.770. The highest BCUT2D eigenvalue weighted by Crippen LogP contribution is 2.27. The van der Waals surface area contributed by atoms with Gasteiger partial charge in [-0.1, -0.05) is 39.5 Å². The van der Waals surface area contributed by atoms with E-state index in [-0.39, 0.29) is 12.1 Å². The number of hydrogen-bond acceptors (Lipinski definition) is 2. The summed E-state index contributed by atoms with van der Waals surface area (Å²) in [5.74, 6) is 0.466. The molecule has 0 bridgehead atoms. The lowest BCUT2D eigenvalue weighted by Crippen LogP contribution is -2.49. The van der Waals surface area contributed by atoms with Gasteiger partial charge in [0.1, 0.15) is 0 Å². The number of carbonyl (C=O) groups is 1. The van der Waals surface area contributed by atoms with Gasteiger partial charge in [-0.15, -0.1) is 0 Å². The molecule has 0 radical (unpaired) electrons. The first-order chi connectivity index (χ1) is 8.47. The highest BCUT2D eigenvalue weighted by molar-refractivity contribution is 5.74. The molecule has 2 unspecified atom stereocenters. The van der Waals surface area contributed by atoms with Gasteiger partial charge >= 0.3 is 6.03 Å². The molecule has 0 heterocycles. The molecule has 1 rings (SSSR count). The zero-order valence-corrected chi connectivity index (χ0v) is 12.0. The fourth-order valence-corrected chi connectivity index (χ4v) is 2.39. The number of nitrogens with one attached hydrogen (secondary N) is 2. The molecule has 1 saturated carbocycles. The minimum absolute atomic E-state index is 0.163. The highest BCUT2D eigenvalue weighted by atomic mass is 16.3. The summed E-state index contributed by atoms with van der Waals surface area (Å²) in [5, 5.41) is 16.0. The maximum atomic E-state index is 11.7. The molecule has 0 spiro atoms. The van der Waals surface area contributed by atoms with Crippen LogP contribution in [-0.2, 0) is 0 Å². The van der Waals surface area contributed by atoms with Crippen molar-refractivity contribution in [2.75, 3.05) is 6.54 Å². The van der Waals surface area contributed by atoms with E-state index in [1.165, 1.54) is 6.42 Å². The molecule has 106 valence electrons. The smallest absolute Gasteiger partial charge is 0.315 e. The SMILES string of the molecule is CCC(C)C(C)NC(=O)NCC1(O)CCCCC1. The Morgan fingerprint density at radius 2 is 1.89 bits per heavy atom. The van der Waals surface area contributed by atoms with E-state index in [4.69, 9.17) is 0 Å². The second kappa shape index (κ2) is 6.98. The number of hydrogen-bond donors (Lipinski definition) is 3. The molecule has 0 saturated heterocycles. The lowest BCUT2D eigenvalue weighted by molar-refractivity contribution is 0.00710. The Balaban J connectivity index is 2.28. The van der Waals surface area contributed by atoms with Crippen LogP contribution < -0.4 is 10.6 Å². The van der Waals surface area contributed by atoms with E-state index >= 15 is 0 Å². The third-order valence-corrected chi connectivity index (χ3v) is 4.22. The minimum Gasteiger partial charge on any atom is -0.388 e. The van der Waals surface area contributed by atoms with Crippen molar-refractivity contribution >= 4 is 6.03 Å². The first kappa shape index (κ1) is 15.3. The number of rotatable bonds is 5. The van der Waals surface area contributed by atoms with Gasteiger partial charge in [0.15, 0.2) is 0 Å². The number of carbonyl (C=O) groups excluding carboxylic acids is 1. The van der Waals surface area contributed by atoms with Gasteiger partial charge in [0, 0.05) is 12.6 Å². The van der Waals surface area contributed by atoms with Gasteiger partial charge in [0.05, 0.1) is 5.60 Å². The molecule has 3 N–H and O–H groups in total. The second-order valence-corrected chi connectivity index (χ2v) is 5.79. The van der Waals surface area contributed by atoms with Crippen LogP contribution in [0.2, 0.25) is 0 Å². The molecule has 2 atom stereocenters. The standard InChI is InChI=1S/C14H28N2O2/c1-4-11(2)12(3)16-13(17)15-10-14(18)8-6-5-7-9-14/h11-12,18H,4-10H2,1-3H3,(H2,15,16,17). The third-order valence-electron chi connectivity index (χ3n) is 4.22. The van der Waals surface area contributed by atoms with Gasteiger partial charge in [-0.3, -0.25) is 0 Å². The number of amides is 2. The Kier molecular flexibility index (Phi) is 5.93. The molecule has 18 heavy (non-hydrogen) atoms. The van der Waals surface area contributed by atoms with Crippen molar-refractivity contribution in [1.29, 1.82) is 0 Å². The molecule has 2 amide bonds. The fourth-order valence-electron chi connectivity index (χ4n) is 2.39. The lowest BCUT2D eigenvalue weighted by atomic mass is 9.85. The summed E-state index contributed by atoms with van der Waals surface area (Å²) in [5.41, 5.74) is -0.685. The Morgan fingerprint density at radius 1 is 1.28 bits per heavy atom. The van der Waals surface area contributed by atoms with Crippen LogP contribution in [0.1, 0.15) is 59.3 Å². The van der Waals surface area contributed by atoms with Crippen LogP contribution in [0.25, 0.3) is 0 Å². The van der Waals surface area contributed by atoms with Gasteiger partial charge in [-0.2, -0.15) is 0 Å². The van der Waals surface area contributed by atoms with Crippen LogP contribution in [0.4, 0.5) is 4.79 Å². The van der Waals surface area contributed by atoms with Gasteiger partial charge in [0.25, 0.3) is 0 Å². The summed E-state index contributed by atoms with van der Waals surface area (Å²) >= 11 is 0. The van der Waals surface area contributed by atoms with E-state index < -0.39 is 5.60 Å². The highest BCUT2D eigenvalue weighted by Gasteiger charge is 2.29. The van der Waals surface area contributed by atoms with Crippen molar-refractivity contribution in [3.63, 3.8) is 0 Å². The van der Waals surface area contributed by atoms with Crippen LogP contribution in [-0.4, -0.2) is 29.3 Å². The van der Waals surface area contributed by atoms with E-state index in [2.05, 4.69) is 24.5 Å². The summed E-state index contributed by atoms with van der Waals surface area (Å²) in [6.45, 7) is 6.63. The van der Waals surface area contributed by atoms with Gasteiger partial charge < -0.3 is 15.7 Å². The van der Waals surface area contributed by atoms with E-state index in [1.54, 1.807) is 0 Å². The lowest BCUT2D eigenvalue weighted by Gasteiger charge is -2.32. The topological polar surface area (TPSA) is 61.4 Å². The summed E-state index contributed by atoms with van der Waals surface area (Å²) in [4.78, 5) is 11.7.